The van der Waals surface area contributed by atoms with E-state index in [1.54, 1.807) is 0 Å². The van der Waals surface area contributed by atoms with Gasteiger partial charge in [0.2, 0.25) is 0 Å². The fourth-order valence-electron chi connectivity index (χ4n) is 4.68. The van der Waals surface area contributed by atoms with Crippen LogP contribution in [0.3, 0.4) is 0 Å². The average molecular weight is 446 g/mol. The van der Waals surface area contributed by atoms with Crippen LogP contribution in [-0.2, 0) is 4.79 Å². The Kier molecular flexibility index (Phi) is 9.71. The van der Waals surface area contributed by atoms with Gasteiger partial charge in [-0.2, -0.15) is 0 Å². The summed E-state index contributed by atoms with van der Waals surface area (Å²) >= 11 is 0. The lowest BCUT2D eigenvalue weighted by atomic mass is 9.67. The maximum absolute atomic E-state index is 12.2. The van der Waals surface area contributed by atoms with Gasteiger partial charge in [-0.25, -0.2) is 0 Å². The predicted octanol–water partition coefficient (Wildman–Crippen LogP) is 4.99. The molecule has 32 heavy (non-hydrogen) atoms. The number of carbonyl (C=O) groups is 2. The monoisotopic (exact) mass is 445 g/mol. The molecule has 1 aliphatic rings. The third-order valence-corrected chi connectivity index (χ3v) is 7.40. The van der Waals surface area contributed by atoms with Crippen LogP contribution >= 0.6 is 0 Å². The van der Waals surface area contributed by atoms with E-state index in [-0.39, 0.29) is 30.6 Å². The molecule has 1 aromatic carbocycles. The molecule has 0 aromatic heterocycles. The van der Waals surface area contributed by atoms with E-state index in [4.69, 9.17) is 10.8 Å². The summed E-state index contributed by atoms with van der Waals surface area (Å²) in [7, 11) is 0. The molecule has 1 aliphatic carbocycles. The van der Waals surface area contributed by atoms with Crippen LogP contribution in [0.2, 0.25) is 0 Å². The molecule has 0 spiro atoms. The summed E-state index contributed by atoms with van der Waals surface area (Å²) in [4.78, 5) is 22.9. The van der Waals surface area contributed by atoms with Crippen LogP contribution in [0, 0.1) is 11.3 Å². The van der Waals surface area contributed by atoms with Crippen molar-refractivity contribution in [1.29, 1.82) is 0 Å². The van der Waals surface area contributed by atoms with Gasteiger partial charge in [0, 0.05) is 18.2 Å². The van der Waals surface area contributed by atoms with Gasteiger partial charge in [0.1, 0.15) is 0 Å². The van der Waals surface area contributed by atoms with Crippen molar-refractivity contribution in [2.45, 2.75) is 97.2 Å². The SMILES string of the molecule is CCCC[C@@H](NC1(N)CCC(C(C)(C)CC)CC1)c1ccc(C(=O)NCCC(=O)O)cc1. The van der Waals surface area contributed by atoms with Crippen molar-refractivity contribution in [2.75, 3.05) is 6.54 Å². The zero-order valence-corrected chi connectivity index (χ0v) is 20.4. The molecule has 2 rings (SSSR count). The summed E-state index contributed by atoms with van der Waals surface area (Å²) in [6.07, 6.45) is 8.61. The fourth-order valence-corrected chi connectivity index (χ4v) is 4.68. The molecule has 1 saturated carbocycles. The normalized spacial score (nSPS) is 22.3. The average Bonchev–Trinajstić information content (AvgIpc) is 2.76. The van der Waals surface area contributed by atoms with Crippen molar-refractivity contribution < 1.29 is 14.7 Å². The van der Waals surface area contributed by atoms with Gasteiger partial charge in [-0.05, 0) is 61.1 Å². The number of carbonyl (C=O) groups excluding carboxylic acids is 1. The number of unbranched alkanes of at least 4 members (excludes halogenated alkanes) is 1. The number of nitrogens with one attached hydrogen (secondary N) is 2. The first kappa shape index (κ1) is 26.3. The van der Waals surface area contributed by atoms with Crippen molar-refractivity contribution in [2.24, 2.45) is 17.1 Å². The Labute approximate surface area is 193 Å². The molecule has 6 nitrogen and oxygen atoms in total. The lowest BCUT2D eigenvalue weighted by Crippen LogP contribution is -2.57. The van der Waals surface area contributed by atoms with Crippen LogP contribution in [0.4, 0.5) is 0 Å². The summed E-state index contributed by atoms with van der Waals surface area (Å²) in [5, 5.41) is 15.2. The quantitative estimate of drug-likeness (QED) is 0.339. The molecule has 6 heteroatoms. The molecule has 0 heterocycles. The fraction of sp³-hybridized carbons (Fsp3) is 0.692. The van der Waals surface area contributed by atoms with Gasteiger partial charge < -0.3 is 16.2 Å². The highest BCUT2D eigenvalue weighted by molar-refractivity contribution is 5.94. The number of benzene rings is 1. The first-order valence-corrected chi connectivity index (χ1v) is 12.3. The maximum atomic E-state index is 12.2. The van der Waals surface area contributed by atoms with E-state index in [9.17, 15) is 9.59 Å². The highest BCUT2D eigenvalue weighted by Gasteiger charge is 2.38. The zero-order chi connectivity index (χ0) is 23.8. The molecule has 5 N–H and O–H groups in total. The number of hydrogen-bond donors (Lipinski definition) is 4. The number of carboxylic acid groups (broad SMARTS) is 1. The lowest BCUT2D eigenvalue weighted by Gasteiger charge is -2.45. The Bertz CT molecular complexity index is 737. The van der Waals surface area contributed by atoms with E-state index < -0.39 is 5.97 Å². The van der Waals surface area contributed by atoms with Gasteiger partial charge in [0.25, 0.3) is 5.91 Å². The van der Waals surface area contributed by atoms with Crippen molar-refractivity contribution >= 4 is 11.9 Å². The highest BCUT2D eigenvalue weighted by atomic mass is 16.4. The summed E-state index contributed by atoms with van der Waals surface area (Å²) in [5.41, 5.74) is 8.54. The number of carboxylic acids is 1. The molecule has 1 amide bonds. The molecule has 0 aliphatic heterocycles. The summed E-state index contributed by atoms with van der Waals surface area (Å²) < 4.78 is 0. The Morgan fingerprint density at radius 1 is 1.19 bits per heavy atom. The predicted molar refractivity (Wildman–Crippen MR) is 129 cm³/mol. The van der Waals surface area contributed by atoms with Crippen LogP contribution in [0.15, 0.2) is 24.3 Å². The Morgan fingerprint density at radius 2 is 1.81 bits per heavy atom. The second kappa shape index (κ2) is 11.8. The Hall–Kier alpha value is -1.92. The van der Waals surface area contributed by atoms with Gasteiger partial charge >= 0.3 is 5.97 Å². The first-order chi connectivity index (χ1) is 15.1. The van der Waals surface area contributed by atoms with E-state index in [0.717, 1.165) is 56.4 Å². The van der Waals surface area contributed by atoms with Crippen molar-refractivity contribution in [3.63, 3.8) is 0 Å². The molecular formula is C26H43N3O3. The van der Waals surface area contributed by atoms with Crippen molar-refractivity contribution in [1.82, 2.24) is 10.6 Å². The molecular weight excluding hydrogens is 402 g/mol. The first-order valence-electron chi connectivity index (χ1n) is 12.3. The van der Waals surface area contributed by atoms with Gasteiger partial charge in [-0.15, -0.1) is 0 Å². The van der Waals surface area contributed by atoms with Crippen molar-refractivity contribution in [3.8, 4) is 0 Å². The smallest absolute Gasteiger partial charge is 0.305 e. The van der Waals surface area contributed by atoms with E-state index in [0.29, 0.717) is 11.0 Å². The van der Waals surface area contributed by atoms with Crippen LogP contribution in [-0.4, -0.2) is 29.2 Å². The van der Waals surface area contributed by atoms with E-state index in [1.165, 1.54) is 6.42 Å². The molecule has 0 saturated heterocycles. The number of rotatable bonds is 12. The minimum Gasteiger partial charge on any atom is -0.481 e. The van der Waals surface area contributed by atoms with Crippen molar-refractivity contribution in [3.05, 3.63) is 35.4 Å². The van der Waals surface area contributed by atoms with Gasteiger partial charge in [0.05, 0.1) is 12.1 Å². The lowest BCUT2D eigenvalue weighted by molar-refractivity contribution is -0.136. The highest BCUT2D eigenvalue weighted by Crippen LogP contribution is 2.42. The Balaban J connectivity index is 2.03. The molecule has 180 valence electrons. The maximum Gasteiger partial charge on any atom is 0.305 e. The van der Waals surface area contributed by atoms with Gasteiger partial charge in [-0.1, -0.05) is 59.1 Å². The molecule has 1 aromatic rings. The third kappa shape index (κ3) is 7.59. The Morgan fingerprint density at radius 3 is 2.34 bits per heavy atom. The summed E-state index contributed by atoms with van der Waals surface area (Å²) in [5.74, 6) is -0.449. The van der Waals surface area contributed by atoms with E-state index >= 15 is 0 Å². The summed E-state index contributed by atoms with van der Waals surface area (Å²) in [6.45, 7) is 9.34. The van der Waals surface area contributed by atoms with Crippen LogP contribution in [0.1, 0.15) is 107 Å². The second-order valence-electron chi connectivity index (χ2n) is 10.1. The molecule has 0 bridgehead atoms. The molecule has 1 atom stereocenters. The van der Waals surface area contributed by atoms with E-state index in [2.05, 4.69) is 38.3 Å². The van der Waals surface area contributed by atoms with Crippen LogP contribution < -0.4 is 16.4 Å². The van der Waals surface area contributed by atoms with Gasteiger partial charge in [-0.3, -0.25) is 14.9 Å². The minimum atomic E-state index is -0.923. The summed E-state index contributed by atoms with van der Waals surface area (Å²) in [6, 6.07) is 7.77. The van der Waals surface area contributed by atoms with Gasteiger partial charge in [0.15, 0.2) is 0 Å². The molecule has 0 radical (unpaired) electrons. The van der Waals surface area contributed by atoms with Crippen LogP contribution in [0.25, 0.3) is 0 Å². The zero-order valence-electron chi connectivity index (χ0n) is 20.4. The van der Waals surface area contributed by atoms with Crippen LogP contribution in [0.5, 0.6) is 0 Å². The molecule has 1 fully saturated rings. The van der Waals surface area contributed by atoms with E-state index in [1.807, 2.05) is 24.3 Å². The topological polar surface area (TPSA) is 104 Å². The number of aliphatic carboxylic acids is 1. The largest absolute Gasteiger partial charge is 0.481 e. The molecule has 0 unspecified atom stereocenters. The minimum absolute atomic E-state index is 0.0816. The number of hydrogen-bond acceptors (Lipinski definition) is 4. The standard InChI is InChI=1S/C26H43N3O3/c1-5-7-8-22(29-26(27)16-13-21(14-17-26)25(3,4)6-2)19-9-11-20(12-10-19)24(32)28-18-15-23(30)31/h9-12,21-22,29H,5-8,13-18,27H2,1-4H3,(H,28,32)(H,30,31)/t21?,22-,26?/m1/s1. The number of amides is 1. The number of nitrogens with two attached hydrogens (primary N) is 1. The third-order valence-electron chi connectivity index (χ3n) is 7.40. The second-order valence-corrected chi connectivity index (χ2v) is 10.1.